The molecule has 64 heavy (non-hydrogen) atoms. The second-order valence-electron chi connectivity index (χ2n) is 16.2. The number of ether oxygens (including phenoxy) is 2. The van der Waals surface area contributed by atoms with E-state index < -0.39 is 95.6 Å². The van der Waals surface area contributed by atoms with Gasteiger partial charge in [-0.1, -0.05) is 86.1 Å². The number of likely N-dealkylation sites (tertiary alicyclic amines) is 1. The molecule has 7 N–H and O–H groups in total. The second-order valence-corrected chi connectivity index (χ2v) is 16.2. The zero-order chi connectivity index (χ0) is 47.0. The Labute approximate surface area is 371 Å². The summed E-state index contributed by atoms with van der Waals surface area (Å²) in [4.78, 5) is 120. The number of hydrogen-bond donors (Lipinski definition) is 6. The van der Waals surface area contributed by atoms with E-state index in [9.17, 15) is 48.3 Å². The van der Waals surface area contributed by atoms with Crippen LogP contribution in [0.3, 0.4) is 0 Å². The van der Waals surface area contributed by atoms with Crippen molar-refractivity contribution in [2.24, 2.45) is 5.73 Å². The molecule has 0 radical (unpaired) electrons. The number of aromatic carboxylic acids is 1. The molecule has 0 saturated carbocycles. The maximum atomic E-state index is 14.6. The number of Topliss-reactive ketones (excluding diaryl/α,β-unsaturated/α-hetero) is 1. The predicted octanol–water partition coefficient (Wildman–Crippen LogP) is 2.49. The van der Waals surface area contributed by atoms with Crippen LogP contribution in [-0.2, 0) is 49.6 Å². The minimum absolute atomic E-state index is 0.00286. The largest absolute Gasteiger partial charge is 0.478 e. The van der Waals surface area contributed by atoms with Gasteiger partial charge in [0.15, 0.2) is 0 Å². The fourth-order valence-corrected chi connectivity index (χ4v) is 7.01. The van der Waals surface area contributed by atoms with E-state index in [1.165, 1.54) is 29.2 Å². The molecule has 3 aromatic rings. The molecule has 342 valence electrons. The molecule has 5 atom stereocenters. The molecule has 1 saturated heterocycles. The highest BCUT2D eigenvalue weighted by Crippen LogP contribution is 2.25. The average molecular weight is 885 g/mol. The van der Waals surface area contributed by atoms with Gasteiger partial charge in [-0.15, -0.1) is 0 Å². The van der Waals surface area contributed by atoms with Crippen molar-refractivity contribution in [1.82, 2.24) is 26.2 Å². The normalized spacial score (nSPS) is 16.0. The Kier molecular flexibility index (Phi) is 18.2. The third-order valence-electron chi connectivity index (χ3n) is 10.0. The smallest absolute Gasteiger partial charge is 0.336 e. The number of amides is 6. The molecular formula is C46H56N6O12. The summed E-state index contributed by atoms with van der Waals surface area (Å²) in [5, 5.41) is 19.6. The van der Waals surface area contributed by atoms with Crippen LogP contribution >= 0.6 is 0 Å². The third kappa shape index (κ3) is 14.9. The molecule has 1 heterocycles. The number of carbonyl (C=O) groups excluding carboxylic acids is 8. The summed E-state index contributed by atoms with van der Waals surface area (Å²) in [6.45, 7) is 6.11. The number of nitrogens with one attached hydrogen (secondary N) is 4. The van der Waals surface area contributed by atoms with Crippen LogP contribution in [0, 0.1) is 0 Å². The maximum absolute atomic E-state index is 14.6. The van der Waals surface area contributed by atoms with Gasteiger partial charge < -0.3 is 46.5 Å². The Morgan fingerprint density at radius 2 is 1.44 bits per heavy atom. The second kappa shape index (κ2) is 23.5. The van der Waals surface area contributed by atoms with Gasteiger partial charge in [0.05, 0.1) is 36.4 Å². The van der Waals surface area contributed by atoms with Crippen molar-refractivity contribution in [1.29, 1.82) is 0 Å². The van der Waals surface area contributed by atoms with Crippen molar-refractivity contribution in [2.75, 3.05) is 13.1 Å². The van der Waals surface area contributed by atoms with Crippen molar-refractivity contribution < 1.29 is 57.7 Å². The Morgan fingerprint density at radius 1 is 0.812 bits per heavy atom. The highest BCUT2D eigenvalue weighted by Gasteiger charge is 2.44. The molecule has 1 aliphatic rings. The van der Waals surface area contributed by atoms with Gasteiger partial charge in [-0.2, -0.15) is 0 Å². The highest BCUT2D eigenvalue weighted by atomic mass is 16.6. The molecule has 0 aromatic heterocycles. The van der Waals surface area contributed by atoms with Crippen LogP contribution < -0.4 is 27.0 Å². The maximum Gasteiger partial charge on any atom is 0.336 e. The Morgan fingerprint density at radius 3 is 2.05 bits per heavy atom. The van der Waals surface area contributed by atoms with Gasteiger partial charge in [-0.05, 0) is 63.3 Å². The van der Waals surface area contributed by atoms with Crippen LogP contribution in [0.5, 0.6) is 0 Å². The zero-order valence-corrected chi connectivity index (χ0v) is 36.3. The minimum Gasteiger partial charge on any atom is -0.478 e. The van der Waals surface area contributed by atoms with E-state index in [0.717, 1.165) is 5.56 Å². The van der Waals surface area contributed by atoms with E-state index in [-0.39, 0.29) is 56.4 Å². The van der Waals surface area contributed by atoms with Gasteiger partial charge in [-0.3, -0.25) is 38.4 Å². The summed E-state index contributed by atoms with van der Waals surface area (Å²) in [5.74, 6) is -8.29. The molecule has 18 heteroatoms. The lowest BCUT2D eigenvalue weighted by atomic mass is 10.0. The Hall–Kier alpha value is -6.95. The molecule has 0 bridgehead atoms. The first-order valence-electron chi connectivity index (χ1n) is 21.0. The SMILES string of the molecule is CCCC(NC(=O)[C@@H]1C[C@@H](OCc2ccccc2)CN1C(=O)[C@H](CCCC(=O)OC(C)(C)C)NC(=O)c1ccccc1C(=O)O)C(=O)C(=O)NCC(=O)N[C@H](C(N)=O)c1ccccc1. The summed E-state index contributed by atoms with van der Waals surface area (Å²) in [7, 11) is 0. The van der Waals surface area contributed by atoms with Crippen molar-refractivity contribution in [3.63, 3.8) is 0 Å². The van der Waals surface area contributed by atoms with E-state index in [1.54, 1.807) is 58.0 Å². The van der Waals surface area contributed by atoms with E-state index in [1.807, 2.05) is 30.3 Å². The first-order chi connectivity index (χ1) is 30.4. The van der Waals surface area contributed by atoms with E-state index in [2.05, 4.69) is 21.3 Å². The summed E-state index contributed by atoms with van der Waals surface area (Å²) in [5.41, 5.74) is 5.38. The molecule has 1 aliphatic heterocycles. The summed E-state index contributed by atoms with van der Waals surface area (Å²) < 4.78 is 11.6. The zero-order valence-electron chi connectivity index (χ0n) is 36.3. The topological polar surface area (TPSA) is 270 Å². The number of hydrogen-bond acceptors (Lipinski definition) is 11. The number of benzene rings is 3. The molecule has 18 nitrogen and oxygen atoms in total. The van der Waals surface area contributed by atoms with Crippen LogP contribution in [0.15, 0.2) is 84.9 Å². The number of esters is 1. The van der Waals surface area contributed by atoms with Crippen LogP contribution in [0.4, 0.5) is 0 Å². The Bertz CT molecular complexity index is 2160. The highest BCUT2D eigenvalue weighted by molar-refractivity contribution is 6.38. The van der Waals surface area contributed by atoms with Crippen LogP contribution in [0.1, 0.15) is 104 Å². The fourth-order valence-electron chi connectivity index (χ4n) is 7.01. The molecule has 0 aliphatic carbocycles. The van der Waals surface area contributed by atoms with Crippen molar-refractivity contribution in [3.8, 4) is 0 Å². The number of nitrogens with two attached hydrogens (primary N) is 1. The fraction of sp³-hybridized carbons (Fsp3) is 0.413. The third-order valence-corrected chi connectivity index (χ3v) is 10.0. The lowest BCUT2D eigenvalue weighted by Gasteiger charge is -2.30. The predicted molar refractivity (Wildman–Crippen MR) is 231 cm³/mol. The quantitative estimate of drug-likeness (QED) is 0.0628. The lowest BCUT2D eigenvalue weighted by Crippen LogP contribution is -2.56. The van der Waals surface area contributed by atoms with Crippen molar-refractivity contribution in [2.45, 2.75) is 109 Å². The van der Waals surface area contributed by atoms with Crippen LogP contribution in [0.2, 0.25) is 0 Å². The molecule has 1 unspecified atom stereocenters. The van der Waals surface area contributed by atoms with Gasteiger partial charge in [-0.25, -0.2) is 4.79 Å². The number of ketones is 1. The van der Waals surface area contributed by atoms with Crippen molar-refractivity contribution >= 4 is 53.2 Å². The summed E-state index contributed by atoms with van der Waals surface area (Å²) in [6.07, 6.45) is -0.612. The first kappa shape index (κ1) is 49.7. The van der Waals surface area contributed by atoms with Crippen molar-refractivity contribution in [3.05, 3.63) is 107 Å². The van der Waals surface area contributed by atoms with Crippen LogP contribution in [-0.4, -0.2) is 106 Å². The number of rotatable bonds is 22. The molecule has 6 amide bonds. The monoisotopic (exact) mass is 884 g/mol. The average Bonchev–Trinajstić information content (AvgIpc) is 3.70. The van der Waals surface area contributed by atoms with Gasteiger partial charge >= 0.3 is 11.9 Å². The number of primary amides is 1. The first-order valence-corrected chi connectivity index (χ1v) is 21.0. The minimum atomic E-state index is -1.39. The molecular weight excluding hydrogens is 829 g/mol. The summed E-state index contributed by atoms with van der Waals surface area (Å²) >= 11 is 0. The Balaban J connectivity index is 1.55. The summed E-state index contributed by atoms with van der Waals surface area (Å²) in [6, 6.07) is 17.5. The molecule has 3 aromatic carbocycles. The van der Waals surface area contributed by atoms with E-state index >= 15 is 0 Å². The van der Waals surface area contributed by atoms with E-state index in [4.69, 9.17) is 15.2 Å². The molecule has 0 spiro atoms. The standard InChI is InChI=1S/C46H56N6O12/c1-5-15-33(39(55)43(59)48-25-36(53)51-38(40(47)56)29-18-10-7-11-19-29)49-42(58)35-24-30(63-27-28-16-8-6-9-17-28)26-52(35)44(60)34(22-14-23-37(54)64-46(2,3)4)50-41(57)31-20-12-13-21-32(31)45(61)62/h6-13,16-21,30,33-35,38H,5,14-15,22-27H2,1-4H3,(H2,47,56)(H,48,59)(H,49,58)(H,50,57)(H,51,53)(H,61,62)/t30-,33?,34+,35+,38+/m1/s1. The van der Waals surface area contributed by atoms with Crippen LogP contribution in [0.25, 0.3) is 0 Å². The number of carbonyl (C=O) groups is 9. The number of carboxylic acids is 1. The van der Waals surface area contributed by atoms with Gasteiger partial charge in [0.2, 0.25) is 29.4 Å². The number of nitrogens with zero attached hydrogens (tertiary/aromatic N) is 1. The van der Waals surface area contributed by atoms with E-state index in [0.29, 0.717) is 12.0 Å². The number of carboxylic acid groups (broad SMARTS) is 1. The molecule has 1 fully saturated rings. The van der Waals surface area contributed by atoms with Gasteiger partial charge in [0, 0.05) is 19.4 Å². The molecule has 4 rings (SSSR count). The van der Waals surface area contributed by atoms with Gasteiger partial charge in [0.25, 0.3) is 11.8 Å². The van der Waals surface area contributed by atoms with Gasteiger partial charge in [0.1, 0.15) is 23.7 Å². The lowest BCUT2D eigenvalue weighted by molar-refractivity contribution is -0.155.